The van der Waals surface area contributed by atoms with E-state index < -0.39 is 41.4 Å². The highest BCUT2D eigenvalue weighted by Crippen LogP contribution is 2.13. The van der Waals surface area contributed by atoms with E-state index in [4.69, 9.17) is 11.3 Å². The Labute approximate surface area is 300 Å². The van der Waals surface area contributed by atoms with Gasteiger partial charge in [-0.15, -0.1) is 0 Å². The first-order chi connectivity index (χ1) is 24.5. The number of amides is 5. The lowest BCUT2D eigenvalue weighted by atomic mass is 9.92. The van der Waals surface area contributed by atoms with Gasteiger partial charge in [0, 0.05) is 103 Å². The SMILES string of the molecule is CCCCCCNC(=O)C(CC(=O)NCCNCCN)CC(=O)C(CC(=O)NCCNCCNC(=O)CCC(=O)CCCON=[N+]=[N-])NC(C)=O. The van der Waals surface area contributed by atoms with E-state index in [2.05, 4.69) is 59.2 Å². The Kier molecular flexibility index (Phi) is 29.0. The third-order valence-electron chi connectivity index (χ3n) is 7.34. The van der Waals surface area contributed by atoms with Crippen LogP contribution in [-0.4, -0.2) is 113 Å². The molecule has 0 radical (unpaired) electrons. The predicted molar refractivity (Wildman–Crippen MR) is 190 cm³/mol. The maximum atomic E-state index is 13.3. The van der Waals surface area contributed by atoms with Crippen LogP contribution in [0.5, 0.6) is 0 Å². The van der Waals surface area contributed by atoms with Crippen LogP contribution in [-0.2, 0) is 38.4 Å². The Morgan fingerprint density at radius 1 is 0.706 bits per heavy atom. The Bertz CT molecular complexity index is 1120. The molecular weight excluding hydrogens is 666 g/mol. The number of nitrogens with two attached hydrogens (primary N) is 1. The van der Waals surface area contributed by atoms with Crippen LogP contribution in [0.15, 0.2) is 5.28 Å². The number of nitrogens with zero attached hydrogens (tertiary/aromatic N) is 3. The average molecular weight is 726 g/mol. The van der Waals surface area contributed by atoms with Gasteiger partial charge in [-0.05, 0) is 18.4 Å². The topological polar surface area (TPSA) is 288 Å². The number of hydrogen-bond donors (Lipinski definition) is 8. The van der Waals surface area contributed by atoms with Crippen molar-refractivity contribution in [2.75, 3.05) is 65.5 Å². The van der Waals surface area contributed by atoms with Crippen molar-refractivity contribution in [2.24, 2.45) is 16.9 Å². The van der Waals surface area contributed by atoms with Gasteiger partial charge >= 0.3 is 0 Å². The average Bonchev–Trinajstić information content (AvgIpc) is 3.09. The van der Waals surface area contributed by atoms with Gasteiger partial charge in [0.2, 0.25) is 29.5 Å². The van der Waals surface area contributed by atoms with Crippen molar-refractivity contribution in [3.63, 3.8) is 0 Å². The van der Waals surface area contributed by atoms with Gasteiger partial charge in [0.25, 0.3) is 0 Å². The molecule has 9 N–H and O–H groups in total. The monoisotopic (exact) mass is 725 g/mol. The van der Waals surface area contributed by atoms with Crippen molar-refractivity contribution in [1.82, 2.24) is 37.2 Å². The highest BCUT2D eigenvalue weighted by Gasteiger charge is 2.30. The third kappa shape index (κ3) is 28.1. The normalized spacial score (nSPS) is 11.7. The lowest BCUT2D eigenvalue weighted by molar-refractivity contribution is -0.135. The summed E-state index contributed by atoms with van der Waals surface area (Å²) in [7, 11) is 0. The van der Waals surface area contributed by atoms with Gasteiger partial charge < -0.3 is 47.8 Å². The van der Waals surface area contributed by atoms with Crippen molar-refractivity contribution >= 4 is 41.1 Å². The molecule has 0 fully saturated rings. The van der Waals surface area contributed by atoms with E-state index >= 15 is 0 Å². The molecule has 19 nitrogen and oxygen atoms in total. The number of hydrogen-bond acceptors (Lipinski definition) is 12. The molecule has 0 aliphatic heterocycles. The molecule has 0 rings (SSSR count). The second kappa shape index (κ2) is 31.6. The van der Waals surface area contributed by atoms with Crippen molar-refractivity contribution in [3.05, 3.63) is 10.4 Å². The van der Waals surface area contributed by atoms with E-state index in [9.17, 15) is 33.6 Å². The molecule has 0 saturated carbocycles. The van der Waals surface area contributed by atoms with Gasteiger partial charge in [0.05, 0.1) is 25.0 Å². The van der Waals surface area contributed by atoms with Gasteiger partial charge in [-0.1, -0.05) is 26.2 Å². The van der Waals surface area contributed by atoms with Crippen molar-refractivity contribution in [1.29, 1.82) is 0 Å². The van der Waals surface area contributed by atoms with Crippen LogP contribution in [0.1, 0.15) is 84.5 Å². The predicted octanol–water partition coefficient (Wildman–Crippen LogP) is -0.599. The molecule has 0 bridgehead atoms. The molecule has 51 heavy (non-hydrogen) atoms. The molecule has 19 heteroatoms. The van der Waals surface area contributed by atoms with Crippen LogP contribution in [0, 0.1) is 5.92 Å². The third-order valence-corrected chi connectivity index (χ3v) is 7.34. The molecule has 0 saturated heterocycles. The Hall–Kier alpha value is -4.32. The number of carbonyl (C=O) groups is 7. The summed E-state index contributed by atoms with van der Waals surface area (Å²) >= 11 is 0. The highest BCUT2D eigenvalue weighted by molar-refractivity contribution is 5.96. The zero-order chi connectivity index (χ0) is 38.1. The minimum Gasteiger partial charge on any atom is -0.434 e. The molecule has 0 aromatic carbocycles. The molecule has 5 amide bonds. The lowest BCUT2D eigenvalue weighted by Crippen LogP contribution is -2.46. The number of azide groups is 1. The zero-order valence-corrected chi connectivity index (χ0v) is 30.2. The van der Waals surface area contributed by atoms with Crippen LogP contribution in [0.2, 0.25) is 0 Å². The fraction of sp³-hybridized carbons (Fsp3) is 0.781. The first kappa shape index (κ1) is 46.7. The Morgan fingerprint density at radius 2 is 1.33 bits per heavy atom. The number of Topliss-reactive ketones (excluding diaryl/α,β-unsaturated/α-hetero) is 2. The van der Waals surface area contributed by atoms with E-state index in [1.807, 2.05) is 0 Å². The largest absolute Gasteiger partial charge is 0.434 e. The van der Waals surface area contributed by atoms with E-state index in [1.165, 1.54) is 6.92 Å². The molecule has 0 aliphatic rings. The van der Waals surface area contributed by atoms with Crippen LogP contribution >= 0.6 is 0 Å². The summed E-state index contributed by atoms with van der Waals surface area (Å²) in [5.41, 5.74) is 13.6. The molecule has 0 spiro atoms. The van der Waals surface area contributed by atoms with Crippen LogP contribution < -0.4 is 43.0 Å². The van der Waals surface area contributed by atoms with Gasteiger partial charge in [0.1, 0.15) is 11.1 Å². The second-order valence-corrected chi connectivity index (χ2v) is 11.9. The molecule has 0 heterocycles. The van der Waals surface area contributed by atoms with E-state index in [-0.39, 0.29) is 63.4 Å². The van der Waals surface area contributed by atoms with Gasteiger partial charge in [-0.2, -0.15) is 0 Å². The Morgan fingerprint density at radius 3 is 1.94 bits per heavy atom. The molecule has 2 atom stereocenters. The molecule has 290 valence electrons. The van der Waals surface area contributed by atoms with Gasteiger partial charge in [0.15, 0.2) is 5.78 Å². The zero-order valence-electron chi connectivity index (χ0n) is 30.2. The summed E-state index contributed by atoms with van der Waals surface area (Å²) in [6, 6.07) is -1.19. The van der Waals surface area contributed by atoms with Crippen LogP contribution in [0.4, 0.5) is 0 Å². The first-order valence-electron chi connectivity index (χ1n) is 17.7. The van der Waals surface area contributed by atoms with Gasteiger partial charge in [-0.25, -0.2) is 0 Å². The molecule has 2 unspecified atom stereocenters. The maximum Gasteiger partial charge on any atom is 0.224 e. The number of unbranched alkanes of at least 4 members (excludes halogenated alkanes) is 3. The molecular formula is C32H59N11O8. The number of rotatable bonds is 33. The fourth-order valence-corrected chi connectivity index (χ4v) is 4.68. The number of nitrogens with one attached hydrogen (secondary N) is 7. The summed E-state index contributed by atoms with van der Waals surface area (Å²) in [5.74, 6) is -3.77. The van der Waals surface area contributed by atoms with Crippen LogP contribution in [0.25, 0.3) is 10.4 Å². The lowest BCUT2D eigenvalue weighted by Gasteiger charge is -2.21. The minimum atomic E-state index is -1.19. The Balaban J connectivity index is 4.75. The summed E-state index contributed by atoms with van der Waals surface area (Å²) < 4.78 is 0. The maximum absolute atomic E-state index is 13.3. The fourth-order valence-electron chi connectivity index (χ4n) is 4.68. The quantitative estimate of drug-likeness (QED) is 0.0139. The molecule has 0 aromatic heterocycles. The van der Waals surface area contributed by atoms with Crippen molar-refractivity contribution < 1.29 is 38.4 Å². The van der Waals surface area contributed by atoms with E-state index in [1.54, 1.807) is 0 Å². The standard InChI is InChI=1S/C32H59N11O8/c1-3-4-5-6-12-40-32(50)25(22-30(48)38-18-14-35-13-11-33)21-28(46)27(41-24(2)44)23-31(49)39-19-16-36-15-17-37-29(47)10-9-26(45)8-7-20-51-43-42-34/h25,27,35-36H,3-23,33H2,1-2H3,(H,37,47)(H,38,48)(H,39,49)(H,40,50)(H,41,44). The summed E-state index contributed by atoms with van der Waals surface area (Å²) in [5, 5.41) is 22.4. The summed E-state index contributed by atoms with van der Waals surface area (Å²) in [4.78, 5) is 94.3. The smallest absolute Gasteiger partial charge is 0.224 e. The summed E-state index contributed by atoms with van der Waals surface area (Å²) in [6.45, 7) is 6.95. The van der Waals surface area contributed by atoms with Crippen molar-refractivity contribution in [3.8, 4) is 0 Å². The van der Waals surface area contributed by atoms with Crippen LogP contribution in [0.3, 0.4) is 0 Å². The highest BCUT2D eigenvalue weighted by atomic mass is 16.6. The summed E-state index contributed by atoms with van der Waals surface area (Å²) in [6.07, 6.45) is 3.58. The first-order valence-corrected chi connectivity index (χ1v) is 17.7. The second-order valence-electron chi connectivity index (χ2n) is 11.9. The molecule has 0 aliphatic carbocycles. The number of ketones is 2. The van der Waals surface area contributed by atoms with Crippen molar-refractivity contribution in [2.45, 2.75) is 90.5 Å². The number of carbonyl (C=O) groups excluding carboxylic acids is 7. The minimum absolute atomic E-state index is 0.0469. The molecule has 0 aromatic rings. The van der Waals surface area contributed by atoms with E-state index in [0.29, 0.717) is 58.8 Å². The van der Waals surface area contributed by atoms with Gasteiger partial charge in [-0.3, -0.25) is 33.6 Å². The van der Waals surface area contributed by atoms with E-state index in [0.717, 1.165) is 25.7 Å².